The molecule has 0 aromatic heterocycles. The maximum Gasteiger partial charge on any atom is 0.0380 e. The Balaban J connectivity index is 2.76. The lowest BCUT2D eigenvalue weighted by Crippen LogP contribution is -2.32. The Labute approximate surface area is 133 Å². The van der Waals surface area contributed by atoms with Crippen LogP contribution in [-0.2, 0) is 6.54 Å². The highest BCUT2D eigenvalue weighted by Crippen LogP contribution is 2.26. The van der Waals surface area contributed by atoms with Gasteiger partial charge >= 0.3 is 0 Å². The Morgan fingerprint density at radius 3 is 2.40 bits per heavy atom. The van der Waals surface area contributed by atoms with Crippen molar-refractivity contribution >= 4 is 21.6 Å². The van der Waals surface area contributed by atoms with Gasteiger partial charge in [0.15, 0.2) is 0 Å². The first kappa shape index (κ1) is 17.5. The quantitative estimate of drug-likeness (QED) is 0.729. The Morgan fingerprint density at radius 2 is 1.90 bits per heavy atom. The summed E-state index contributed by atoms with van der Waals surface area (Å²) < 4.78 is 1.20. The van der Waals surface area contributed by atoms with E-state index in [9.17, 15) is 0 Å². The van der Waals surface area contributed by atoms with Crippen LogP contribution in [0.15, 0.2) is 22.7 Å². The van der Waals surface area contributed by atoms with E-state index < -0.39 is 0 Å². The van der Waals surface area contributed by atoms with Gasteiger partial charge in [0.2, 0.25) is 0 Å². The van der Waals surface area contributed by atoms with Crippen molar-refractivity contribution in [3.8, 4) is 0 Å². The minimum Gasteiger partial charge on any atom is -0.369 e. The van der Waals surface area contributed by atoms with Crippen molar-refractivity contribution in [3.63, 3.8) is 0 Å². The normalized spacial score (nSPS) is 12.8. The summed E-state index contributed by atoms with van der Waals surface area (Å²) >= 11 is 3.72. The number of hydrogen-bond donors (Lipinski definition) is 1. The van der Waals surface area contributed by atoms with Crippen LogP contribution in [0.4, 0.5) is 5.69 Å². The maximum absolute atomic E-state index is 3.72. The molecule has 0 saturated heterocycles. The van der Waals surface area contributed by atoms with E-state index in [-0.39, 0.29) is 0 Å². The zero-order valence-electron chi connectivity index (χ0n) is 13.5. The first-order chi connectivity index (χ1) is 9.49. The lowest BCUT2D eigenvalue weighted by Gasteiger charge is -2.30. The molecule has 0 amide bonds. The van der Waals surface area contributed by atoms with E-state index in [1.165, 1.54) is 22.1 Å². The van der Waals surface area contributed by atoms with Crippen molar-refractivity contribution in [3.05, 3.63) is 28.2 Å². The second kappa shape index (κ2) is 8.68. The van der Waals surface area contributed by atoms with Crippen molar-refractivity contribution < 1.29 is 0 Å². The molecule has 0 aliphatic rings. The summed E-state index contributed by atoms with van der Waals surface area (Å²) in [5, 5.41) is 3.49. The molecule has 0 fully saturated rings. The number of benzene rings is 1. The van der Waals surface area contributed by atoms with E-state index in [1.807, 2.05) is 0 Å². The topological polar surface area (TPSA) is 15.3 Å². The van der Waals surface area contributed by atoms with Crippen LogP contribution in [0.3, 0.4) is 0 Å². The largest absolute Gasteiger partial charge is 0.369 e. The molecule has 0 radical (unpaired) electrons. The molecule has 1 atom stereocenters. The lowest BCUT2D eigenvalue weighted by molar-refractivity contribution is 0.551. The fourth-order valence-electron chi connectivity index (χ4n) is 2.32. The third-order valence-electron chi connectivity index (χ3n) is 3.70. The van der Waals surface area contributed by atoms with Crippen LogP contribution in [0.1, 0.15) is 46.6 Å². The Hall–Kier alpha value is -0.540. The Kier molecular flexibility index (Phi) is 7.60. The maximum atomic E-state index is 3.72. The summed E-state index contributed by atoms with van der Waals surface area (Å²) in [6.45, 7) is 14.2. The van der Waals surface area contributed by atoms with Gasteiger partial charge in [-0.05, 0) is 50.4 Å². The number of halogens is 1. The van der Waals surface area contributed by atoms with Gasteiger partial charge in [0, 0.05) is 29.3 Å². The Morgan fingerprint density at radius 1 is 1.20 bits per heavy atom. The van der Waals surface area contributed by atoms with Crippen molar-refractivity contribution in [1.82, 2.24) is 5.32 Å². The molecule has 114 valence electrons. The zero-order valence-corrected chi connectivity index (χ0v) is 15.1. The highest BCUT2D eigenvalue weighted by molar-refractivity contribution is 9.10. The van der Waals surface area contributed by atoms with Gasteiger partial charge in [-0.3, -0.25) is 0 Å². The molecule has 20 heavy (non-hydrogen) atoms. The number of nitrogens with zero attached hydrogens (tertiary/aromatic N) is 1. The third kappa shape index (κ3) is 5.10. The van der Waals surface area contributed by atoms with Crippen LogP contribution in [0.2, 0.25) is 0 Å². The van der Waals surface area contributed by atoms with E-state index in [0.29, 0.717) is 12.0 Å². The van der Waals surface area contributed by atoms with Crippen molar-refractivity contribution in [2.75, 3.05) is 18.0 Å². The summed E-state index contributed by atoms with van der Waals surface area (Å²) in [6.07, 6.45) is 1.17. The van der Waals surface area contributed by atoms with E-state index in [4.69, 9.17) is 0 Å². The van der Waals surface area contributed by atoms with Gasteiger partial charge in [-0.1, -0.05) is 42.8 Å². The van der Waals surface area contributed by atoms with Crippen LogP contribution >= 0.6 is 15.9 Å². The average molecular weight is 341 g/mol. The average Bonchev–Trinajstić information content (AvgIpc) is 2.41. The SMILES string of the molecule is CCC(C)N(CC)c1ccc(CNCC(C)C)c(Br)c1. The minimum absolute atomic E-state index is 0.580. The molecule has 0 aliphatic heterocycles. The molecule has 1 unspecified atom stereocenters. The number of nitrogens with one attached hydrogen (secondary N) is 1. The highest BCUT2D eigenvalue weighted by atomic mass is 79.9. The van der Waals surface area contributed by atoms with Gasteiger partial charge in [0.25, 0.3) is 0 Å². The van der Waals surface area contributed by atoms with Gasteiger partial charge in [-0.2, -0.15) is 0 Å². The van der Waals surface area contributed by atoms with Crippen LogP contribution in [-0.4, -0.2) is 19.1 Å². The molecule has 3 heteroatoms. The summed E-state index contributed by atoms with van der Waals surface area (Å²) in [7, 11) is 0. The molecule has 1 N–H and O–H groups in total. The smallest absolute Gasteiger partial charge is 0.0380 e. The molecular formula is C17H29BrN2. The molecule has 1 aromatic carbocycles. The third-order valence-corrected chi connectivity index (χ3v) is 4.44. The number of hydrogen-bond acceptors (Lipinski definition) is 2. The Bertz CT molecular complexity index is 404. The molecule has 0 spiro atoms. The van der Waals surface area contributed by atoms with Crippen molar-refractivity contribution in [1.29, 1.82) is 0 Å². The van der Waals surface area contributed by atoms with E-state index in [1.54, 1.807) is 0 Å². The van der Waals surface area contributed by atoms with Gasteiger partial charge < -0.3 is 10.2 Å². The summed E-state index contributed by atoms with van der Waals surface area (Å²) in [4.78, 5) is 2.45. The second-order valence-electron chi connectivity index (χ2n) is 5.84. The van der Waals surface area contributed by atoms with Crippen LogP contribution in [0, 0.1) is 5.92 Å². The molecule has 2 nitrogen and oxygen atoms in total. The molecule has 1 rings (SSSR count). The molecule has 0 heterocycles. The van der Waals surface area contributed by atoms with Crippen molar-refractivity contribution in [2.45, 2.75) is 53.6 Å². The van der Waals surface area contributed by atoms with Crippen LogP contribution < -0.4 is 10.2 Å². The molecule has 0 aliphatic carbocycles. The molecule has 1 aromatic rings. The predicted molar refractivity (Wildman–Crippen MR) is 93.5 cm³/mol. The molecule has 0 saturated carbocycles. The fourth-order valence-corrected chi connectivity index (χ4v) is 2.83. The number of rotatable bonds is 8. The predicted octanol–water partition coefficient (Wildman–Crippen LogP) is 4.82. The fraction of sp³-hybridized carbons (Fsp3) is 0.647. The highest BCUT2D eigenvalue weighted by Gasteiger charge is 2.12. The summed E-state index contributed by atoms with van der Waals surface area (Å²) in [6, 6.07) is 7.31. The van der Waals surface area contributed by atoms with Gasteiger partial charge in [-0.15, -0.1) is 0 Å². The monoisotopic (exact) mass is 340 g/mol. The first-order valence-electron chi connectivity index (χ1n) is 7.75. The molecular weight excluding hydrogens is 312 g/mol. The van der Waals surface area contributed by atoms with Gasteiger partial charge in [-0.25, -0.2) is 0 Å². The lowest BCUT2D eigenvalue weighted by atomic mass is 10.1. The summed E-state index contributed by atoms with van der Waals surface area (Å²) in [5.74, 6) is 0.689. The minimum atomic E-state index is 0.580. The van der Waals surface area contributed by atoms with E-state index in [0.717, 1.165) is 19.6 Å². The summed E-state index contributed by atoms with van der Waals surface area (Å²) in [5.41, 5.74) is 2.64. The number of anilines is 1. The van der Waals surface area contributed by atoms with Crippen LogP contribution in [0.5, 0.6) is 0 Å². The van der Waals surface area contributed by atoms with E-state index >= 15 is 0 Å². The zero-order chi connectivity index (χ0) is 15.1. The van der Waals surface area contributed by atoms with E-state index in [2.05, 4.69) is 79.0 Å². The first-order valence-corrected chi connectivity index (χ1v) is 8.54. The van der Waals surface area contributed by atoms with Gasteiger partial charge in [0.05, 0.1) is 0 Å². The second-order valence-corrected chi connectivity index (χ2v) is 6.70. The van der Waals surface area contributed by atoms with Crippen molar-refractivity contribution in [2.24, 2.45) is 5.92 Å². The molecule has 0 bridgehead atoms. The van der Waals surface area contributed by atoms with Gasteiger partial charge in [0.1, 0.15) is 0 Å². The standard InChI is InChI=1S/C17H29BrN2/c1-6-14(5)20(7-2)16-9-8-15(17(18)10-16)12-19-11-13(3)4/h8-10,13-14,19H,6-7,11-12H2,1-5H3. The van der Waals surface area contributed by atoms with Crippen LogP contribution in [0.25, 0.3) is 0 Å².